The third kappa shape index (κ3) is 5.33. The van der Waals surface area contributed by atoms with E-state index >= 15 is 0 Å². The number of halogens is 2. The molecule has 2 aliphatic carbocycles. The average Bonchev–Trinajstić information content (AvgIpc) is 2.71. The summed E-state index contributed by atoms with van der Waals surface area (Å²) >= 11 is 0. The monoisotopic (exact) mass is 386 g/mol. The summed E-state index contributed by atoms with van der Waals surface area (Å²) < 4.78 is 27.9. The first-order valence-corrected chi connectivity index (χ1v) is 11.4. The molecular weight excluding hydrogens is 350 g/mol. The van der Waals surface area contributed by atoms with E-state index in [1.54, 1.807) is 12.1 Å². The van der Waals surface area contributed by atoms with Crippen molar-refractivity contribution >= 4 is 0 Å². The Kier molecular flexibility index (Phi) is 7.88. The molecule has 1 aromatic carbocycles. The van der Waals surface area contributed by atoms with Gasteiger partial charge in [-0.2, -0.15) is 0 Å². The van der Waals surface area contributed by atoms with Crippen molar-refractivity contribution in [3.63, 3.8) is 0 Å². The van der Waals surface area contributed by atoms with Crippen molar-refractivity contribution in [1.82, 2.24) is 0 Å². The Bertz CT molecular complexity index is 647. The smallest absolute Gasteiger partial charge is 0.126 e. The van der Waals surface area contributed by atoms with Crippen LogP contribution in [-0.4, -0.2) is 0 Å². The summed E-state index contributed by atoms with van der Waals surface area (Å²) in [5.41, 5.74) is 0.563. The molecule has 3 rings (SSSR count). The van der Waals surface area contributed by atoms with Crippen LogP contribution in [0.5, 0.6) is 0 Å². The van der Waals surface area contributed by atoms with Gasteiger partial charge in [0.1, 0.15) is 11.6 Å². The molecule has 28 heavy (non-hydrogen) atoms. The van der Waals surface area contributed by atoms with Gasteiger partial charge in [-0.3, -0.25) is 0 Å². The second kappa shape index (κ2) is 10.4. The minimum atomic E-state index is -0.464. The van der Waals surface area contributed by atoms with Gasteiger partial charge in [0.15, 0.2) is 0 Å². The van der Waals surface area contributed by atoms with Crippen LogP contribution in [-0.2, 0) is 5.41 Å². The van der Waals surface area contributed by atoms with Gasteiger partial charge in [-0.1, -0.05) is 89.0 Å². The van der Waals surface area contributed by atoms with Crippen molar-refractivity contribution in [3.05, 3.63) is 59.7 Å². The summed E-state index contributed by atoms with van der Waals surface area (Å²) in [7, 11) is 0. The first kappa shape index (κ1) is 21.3. The first-order valence-electron chi connectivity index (χ1n) is 11.4. The molecule has 0 aromatic heterocycles. The van der Waals surface area contributed by atoms with Crippen LogP contribution in [0.15, 0.2) is 42.5 Å². The average molecular weight is 387 g/mol. The number of allylic oxidation sites excluding steroid dienone is 4. The second-order valence-electron chi connectivity index (χ2n) is 8.96. The highest BCUT2D eigenvalue weighted by molar-refractivity contribution is 5.37. The van der Waals surface area contributed by atoms with Crippen LogP contribution in [0, 0.1) is 23.5 Å². The standard InChI is InChI=1S/C26H36F2/c1-2-3-4-5-6-8-11-21-12-14-22(15-13-21)26(16-9-7-10-17-26)23-18-24(27)20-25(28)19-23/h7,9-10,16,18-22H,2-6,8,11-15,17H2,1H3. The number of hydrogen-bond acceptors (Lipinski definition) is 0. The highest BCUT2D eigenvalue weighted by Gasteiger charge is 2.40. The zero-order valence-electron chi connectivity index (χ0n) is 17.4. The number of hydrogen-bond donors (Lipinski definition) is 0. The molecule has 1 fully saturated rings. The summed E-state index contributed by atoms with van der Waals surface area (Å²) in [4.78, 5) is 0. The maximum atomic E-state index is 14.0. The van der Waals surface area contributed by atoms with E-state index in [0.29, 0.717) is 5.92 Å². The molecule has 0 heterocycles. The van der Waals surface area contributed by atoms with Crippen molar-refractivity contribution in [2.75, 3.05) is 0 Å². The lowest BCUT2D eigenvalue weighted by molar-refractivity contribution is 0.192. The van der Waals surface area contributed by atoms with Crippen LogP contribution in [0.25, 0.3) is 0 Å². The van der Waals surface area contributed by atoms with Crippen LogP contribution < -0.4 is 0 Å². The van der Waals surface area contributed by atoms with E-state index < -0.39 is 11.6 Å². The minimum absolute atomic E-state index is 0.247. The van der Waals surface area contributed by atoms with E-state index in [9.17, 15) is 8.78 Å². The van der Waals surface area contributed by atoms with Gasteiger partial charge < -0.3 is 0 Å². The van der Waals surface area contributed by atoms with E-state index in [1.807, 2.05) is 0 Å². The van der Waals surface area contributed by atoms with E-state index in [4.69, 9.17) is 0 Å². The molecule has 154 valence electrons. The summed E-state index contributed by atoms with van der Waals surface area (Å²) in [5.74, 6) is 0.380. The van der Waals surface area contributed by atoms with E-state index in [-0.39, 0.29) is 5.41 Å². The topological polar surface area (TPSA) is 0 Å². The highest BCUT2D eigenvalue weighted by Crippen LogP contribution is 2.48. The third-order valence-corrected chi connectivity index (χ3v) is 7.04. The molecule has 1 atom stereocenters. The van der Waals surface area contributed by atoms with Gasteiger partial charge in [0, 0.05) is 11.5 Å². The SMILES string of the molecule is CCCCCCCCC1CCC(C2(c3cc(F)cc(F)c3)C=CC=CC2)CC1. The summed E-state index contributed by atoms with van der Waals surface area (Å²) in [5, 5.41) is 0. The van der Waals surface area contributed by atoms with Gasteiger partial charge in [0.25, 0.3) is 0 Å². The molecule has 0 spiro atoms. The maximum Gasteiger partial charge on any atom is 0.126 e. The Morgan fingerprint density at radius 3 is 2.18 bits per heavy atom. The molecule has 1 unspecified atom stereocenters. The fraction of sp³-hybridized carbons (Fsp3) is 0.615. The predicted octanol–water partition coefficient (Wildman–Crippen LogP) is 8.28. The van der Waals surface area contributed by atoms with Gasteiger partial charge in [-0.15, -0.1) is 0 Å². The molecule has 0 nitrogen and oxygen atoms in total. The van der Waals surface area contributed by atoms with Crippen LogP contribution in [0.3, 0.4) is 0 Å². The molecule has 1 aromatic rings. The Morgan fingerprint density at radius 2 is 1.54 bits per heavy atom. The minimum Gasteiger partial charge on any atom is -0.207 e. The summed E-state index contributed by atoms with van der Waals surface area (Å²) in [6, 6.07) is 4.08. The molecule has 0 N–H and O–H groups in total. The molecule has 0 saturated heterocycles. The van der Waals surface area contributed by atoms with Gasteiger partial charge >= 0.3 is 0 Å². The lowest BCUT2D eigenvalue weighted by Gasteiger charge is -2.43. The van der Waals surface area contributed by atoms with Crippen molar-refractivity contribution < 1.29 is 8.78 Å². The maximum absolute atomic E-state index is 14.0. The number of unbranched alkanes of at least 4 members (excludes halogenated alkanes) is 5. The van der Waals surface area contributed by atoms with Crippen LogP contribution in [0.4, 0.5) is 8.78 Å². The van der Waals surface area contributed by atoms with E-state index in [2.05, 4.69) is 31.2 Å². The van der Waals surface area contributed by atoms with Gasteiger partial charge in [-0.25, -0.2) is 8.78 Å². The Hall–Kier alpha value is -1.44. The molecule has 0 amide bonds. The van der Waals surface area contributed by atoms with Gasteiger partial charge in [-0.05, 0) is 48.8 Å². The fourth-order valence-electron chi connectivity index (χ4n) is 5.39. The van der Waals surface area contributed by atoms with Crippen molar-refractivity contribution in [2.45, 2.75) is 89.4 Å². The van der Waals surface area contributed by atoms with Crippen LogP contribution >= 0.6 is 0 Å². The van der Waals surface area contributed by atoms with Crippen LogP contribution in [0.2, 0.25) is 0 Å². The lowest BCUT2D eigenvalue weighted by atomic mass is 9.61. The third-order valence-electron chi connectivity index (χ3n) is 7.04. The summed E-state index contributed by atoms with van der Waals surface area (Å²) in [6.45, 7) is 2.26. The summed E-state index contributed by atoms with van der Waals surface area (Å²) in [6.07, 6.45) is 23.7. The molecule has 1 saturated carbocycles. The number of rotatable bonds is 9. The van der Waals surface area contributed by atoms with E-state index in [0.717, 1.165) is 36.8 Å². The van der Waals surface area contributed by atoms with E-state index in [1.165, 1.54) is 57.8 Å². The fourth-order valence-corrected chi connectivity index (χ4v) is 5.39. The zero-order chi connectivity index (χ0) is 19.8. The second-order valence-corrected chi connectivity index (χ2v) is 8.96. The molecule has 2 aliphatic rings. The largest absolute Gasteiger partial charge is 0.207 e. The molecular formula is C26H36F2. The van der Waals surface area contributed by atoms with Crippen molar-refractivity contribution in [1.29, 1.82) is 0 Å². The number of benzene rings is 1. The van der Waals surface area contributed by atoms with Gasteiger partial charge in [0.05, 0.1) is 0 Å². The zero-order valence-corrected chi connectivity index (χ0v) is 17.4. The predicted molar refractivity (Wildman–Crippen MR) is 114 cm³/mol. The Labute approximate surface area is 170 Å². The van der Waals surface area contributed by atoms with Crippen molar-refractivity contribution in [3.8, 4) is 0 Å². The quantitative estimate of drug-likeness (QED) is 0.375. The van der Waals surface area contributed by atoms with Gasteiger partial charge in [0.2, 0.25) is 0 Å². The lowest BCUT2D eigenvalue weighted by Crippen LogP contribution is -2.36. The molecule has 0 radical (unpaired) electrons. The van der Waals surface area contributed by atoms with Crippen LogP contribution in [0.1, 0.15) is 89.5 Å². The highest BCUT2D eigenvalue weighted by atomic mass is 19.1. The van der Waals surface area contributed by atoms with Crippen molar-refractivity contribution in [2.24, 2.45) is 11.8 Å². The molecule has 2 heteroatoms. The molecule has 0 bridgehead atoms. The normalized spacial score (nSPS) is 27.2. The Morgan fingerprint density at radius 1 is 0.857 bits per heavy atom. The molecule has 0 aliphatic heterocycles. The Balaban J connectivity index is 1.59. The first-order chi connectivity index (χ1) is 13.6.